The largest absolute Gasteiger partial charge is 0.396 e. The highest BCUT2D eigenvalue weighted by molar-refractivity contribution is 6.02. The SMILES string of the molecule is CC(=O)N(c1cccc(CCCO)c1)C1CCC2CC3(CCC2(C)C1=O)OCCO3. The Morgan fingerprint density at radius 3 is 2.70 bits per heavy atom. The standard InChI is InChI=1S/C24H33NO5/c1-17(27)25(20-7-3-5-18(15-20)6-4-12-26)21-9-8-19-16-24(29-13-14-30-24)11-10-23(19,2)22(21)28/h3,5,7,15,19,21,26H,4,6,8-14,16H2,1-2H3. The second kappa shape index (κ2) is 8.40. The third-order valence-corrected chi connectivity index (χ3v) is 7.41. The van der Waals surface area contributed by atoms with Crippen molar-refractivity contribution in [2.24, 2.45) is 11.3 Å². The van der Waals surface area contributed by atoms with Crippen molar-refractivity contribution in [1.82, 2.24) is 0 Å². The molecule has 3 unspecified atom stereocenters. The van der Waals surface area contributed by atoms with Crippen molar-refractivity contribution in [3.63, 3.8) is 0 Å². The van der Waals surface area contributed by atoms with Crippen molar-refractivity contribution < 1.29 is 24.2 Å². The molecule has 1 heterocycles. The van der Waals surface area contributed by atoms with Gasteiger partial charge in [0.2, 0.25) is 5.91 Å². The molecule has 0 bridgehead atoms. The third-order valence-electron chi connectivity index (χ3n) is 7.41. The fourth-order valence-corrected chi connectivity index (χ4v) is 5.70. The fourth-order valence-electron chi connectivity index (χ4n) is 5.70. The average molecular weight is 416 g/mol. The van der Waals surface area contributed by atoms with Crippen LogP contribution in [0.1, 0.15) is 57.9 Å². The number of Topliss-reactive ketones (excluding diaryl/α,β-unsaturated/α-hetero) is 1. The van der Waals surface area contributed by atoms with Gasteiger partial charge in [0.1, 0.15) is 0 Å². The number of aryl methyl sites for hydroxylation is 1. The number of aliphatic hydroxyl groups excluding tert-OH is 1. The molecule has 164 valence electrons. The summed E-state index contributed by atoms with van der Waals surface area (Å²) in [4.78, 5) is 28.1. The lowest BCUT2D eigenvalue weighted by Gasteiger charge is -2.52. The number of benzene rings is 1. The lowest BCUT2D eigenvalue weighted by molar-refractivity contribution is -0.209. The normalized spacial score (nSPS) is 30.3. The van der Waals surface area contributed by atoms with E-state index in [9.17, 15) is 9.59 Å². The van der Waals surface area contributed by atoms with Gasteiger partial charge in [-0.25, -0.2) is 0 Å². The van der Waals surface area contributed by atoms with Crippen LogP contribution < -0.4 is 4.90 Å². The molecular weight excluding hydrogens is 382 g/mol. The van der Waals surface area contributed by atoms with Crippen LogP contribution in [0.4, 0.5) is 5.69 Å². The molecule has 30 heavy (non-hydrogen) atoms. The molecular formula is C24H33NO5. The molecule has 4 rings (SSSR count). The molecule has 1 saturated heterocycles. The van der Waals surface area contributed by atoms with Crippen LogP contribution in [0.15, 0.2) is 24.3 Å². The molecule has 3 fully saturated rings. The van der Waals surface area contributed by atoms with Crippen LogP contribution in [0.3, 0.4) is 0 Å². The van der Waals surface area contributed by atoms with Gasteiger partial charge in [0.05, 0.1) is 19.3 Å². The minimum Gasteiger partial charge on any atom is -0.396 e. The van der Waals surface area contributed by atoms with Gasteiger partial charge in [-0.05, 0) is 55.7 Å². The quantitative estimate of drug-likeness (QED) is 0.799. The first kappa shape index (κ1) is 21.5. The van der Waals surface area contributed by atoms with E-state index >= 15 is 0 Å². The highest BCUT2D eigenvalue weighted by atomic mass is 16.7. The Bertz CT molecular complexity index is 803. The number of anilines is 1. The molecule has 1 N–H and O–H groups in total. The molecule has 2 saturated carbocycles. The van der Waals surface area contributed by atoms with Crippen molar-refractivity contribution in [3.8, 4) is 0 Å². The summed E-state index contributed by atoms with van der Waals surface area (Å²) in [5.41, 5.74) is 1.38. The Balaban J connectivity index is 1.57. The predicted molar refractivity (Wildman–Crippen MR) is 113 cm³/mol. The van der Waals surface area contributed by atoms with Gasteiger partial charge in [-0.3, -0.25) is 9.59 Å². The van der Waals surface area contributed by atoms with Gasteiger partial charge in [0, 0.05) is 37.5 Å². The van der Waals surface area contributed by atoms with Gasteiger partial charge in [-0.1, -0.05) is 19.1 Å². The Morgan fingerprint density at radius 2 is 2.00 bits per heavy atom. The number of ketones is 1. The second-order valence-corrected chi connectivity index (χ2v) is 9.27. The number of rotatable bonds is 5. The number of nitrogens with zero attached hydrogens (tertiary/aromatic N) is 1. The molecule has 6 heteroatoms. The zero-order chi connectivity index (χ0) is 21.4. The number of carbonyl (C=O) groups excluding carboxylic acids is 2. The molecule has 1 aromatic carbocycles. The topological polar surface area (TPSA) is 76.1 Å². The van der Waals surface area contributed by atoms with E-state index in [1.165, 1.54) is 6.92 Å². The van der Waals surface area contributed by atoms with E-state index in [0.717, 1.165) is 43.4 Å². The summed E-state index contributed by atoms with van der Waals surface area (Å²) in [6.07, 6.45) is 5.20. The number of aliphatic hydroxyl groups is 1. The molecule has 0 aromatic heterocycles. The highest BCUT2D eigenvalue weighted by Crippen LogP contribution is 2.54. The molecule has 2 aliphatic carbocycles. The van der Waals surface area contributed by atoms with Crippen LogP contribution in [-0.4, -0.2) is 48.4 Å². The number of hydrogen-bond donors (Lipinski definition) is 1. The summed E-state index contributed by atoms with van der Waals surface area (Å²) in [6.45, 7) is 5.01. The van der Waals surface area contributed by atoms with Crippen molar-refractivity contribution in [2.75, 3.05) is 24.7 Å². The van der Waals surface area contributed by atoms with Crippen LogP contribution in [0.5, 0.6) is 0 Å². The number of amides is 1. The maximum Gasteiger partial charge on any atom is 0.224 e. The Morgan fingerprint density at radius 1 is 1.23 bits per heavy atom. The van der Waals surface area contributed by atoms with Crippen molar-refractivity contribution in [3.05, 3.63) is 29.8 Å². The van der Waals surface area contributed by atoms with Crippen LogP contribution in [-0.2, 0) is 25.5 Å². The number of ether oxygens (including phenoxy) is 2. The Labute approximate surface area is 178 Å². The number of fused-ring (bicyclic) bond motifs is 1. The van der Waals surface area contributed by atoms with Gasteiger partial charge in [0.15, 0.2) is 11.6 Å². The van der Waals surface area contributed by atoms with Gasteiger partial charge >= 0.3 is 0 Å². The van der Waals surface area contributed by atoms with Crippen LogP contribution in [0.2, 0.25) is 0 Å². The summed E-state index contributed by atoms with van der Waals surface area (Å²) < 4.78 is 11.8. The highest BCUT2D eigenvalue weighted by Gasteiger charge is 2.57. The Hall–Kier alpha value is -1.76. The summed E-state index contributed by atoms with van der Waals surface area (Å²) in [7, 11) is 0. The van der Waals surface area contributed by atoms with Crippen molar-refractivity contribution in [1.29, 1.82) is 0 Å². The molecule has 1 spiro atoms. The van der Waals surface area contributed by atoms with E-state index in [-0.39, 0.29) is 24.2 Å². The Kier molecular flexibility index (Phi) is 6.02. The van der Waals surface area contributed by atoms with E-state index in [0.29, 0.717) is 26.1 Å². The fraction of sp³-hybridized carbons (Fsp3) is 0.667. The van der Waals surface area contributed by atoms with Crippen LogP contribution in [0, 0.1) is 11.3 Å². The van der Waals surface area contributed by atoms with Gasteiger partial charge in [-0.2, -0.15) is 0 Å². The first-order chi connectivity index (χ1) is 14.4. The molecule has 1 amide bonds. The van der Waals surface area contributed by atoms with Gasteiger partial charge < -0.3 is 19.5 Å². The smallest absolute Gasteiger partial charge is 0.224 e. The van der Waals surface area contributed by atoms with Gasteiger partial charge in [-0.15, -0.1) is 0 Å². The predicted octanol–water partition coefficient (Wildman–Crippen LogP) is 3.25. The maximum atomic E-state index is 13.8. The van der Waals surface area contributed by atoms with Crippen molar-refractivity contribution >= 4 is 17.4 Å². The number of hydrogen-bond acceptors (Lipinski definition) is 5. The summed E-state index contributed by atoms with van der Waals surface area (Å²) in [6, 6.07) is 7.38. The zero-order valence-corrected chi connectivity index (χ0v) is 18.1. The molecule has 1 aliphatic heterocycles. The summed E-state index contributed by atoms with van der Waals surface area (Å²) in [5.74, 6) is -0.219. The molecule has 0 radical (unpaired) electrons. The van der Waals surface area contributed by atoms with Crippen LogP contribution in [0.25, 0.3) is 0 Å². The van der Waals surface area contributed by atoms with E-state index in [1.54, 1.807) is 4.90 Å². The van der Waals surface area contributed by atoms with E-state index in [4.69, 9.17) is 14.6 Å². The molecule has 3 aliphatic rings. The van der Waals surface area contributed by atoms with E-state index in [2.05, 4.69) is 6.92 Å². The monoisotopic (exact) mass is 415 g/mol. The lowest BCUT2D eigenvalue weighted by atomic mass is 9.57. The maximum absolute atomic E-state index is 13.8. The second-order valence-electron chi connectivity index (χ2n) is 9.27. The number of carbonyl (C=O) groups is 2. The third kappa shape index (κ3) is 3.81. The van der Waals surface area contributed by atoms with E-state index in [1.807, 2.05) is 24.3 Å². The van der Waals surface area contributed by atoms with Gasteiger partial charge in [0.25, 0.3) is 0 Å². The molecule has 6 nitrogen and oxygen atoms in total. The first-order valence-electron chi connectivity index (χ1n) is 11.2. The van der Waals surface area contributed by atoms with E-state index < -0.39 is 17.2 Å². The summed E-state index contributed by atoms with van der Waals surface area (Å²) in [5, 5.41) is 9.12. The lowest BCUT2D eigenvalue weighted by Crippen LogP contribution is -2.58. The summed E-state index contributed by atoms with van der Waals surface area (Å²) >= 11 is 0. The molecule has 3 atom stereocenters. The molecule has 1 aromatic rings. The minimum atomic E-state index is -0.501. The average Bonchev–Trinajstić information content (AvgIpc) is 3.18. The van der Waals surface area contributed by atoms with Crippen molar-refractivity contribution in [2.45, 2.75) is 70.6 Å². The first-order valence-corrected chi connectivity index (χ1v) is 11.2. The van der Waals surface area contributed by atoms with Crippen LogP contribution >= 0.6 is 0 Å². The minimum absolute atomic E-state index is 0.107. The zero-order valence-electron chi connectivity index (χ0n) is 18.1.